The minimum Gasteiger partial charge on any atom is -0.348 e. The van der Waals surface area contributed by atoms with Crippen molar-refractivity contribution >= 4 is 14.0 Å². The van der Waals surface area contributed by atoms with Crippen molar-refractivity contribution in [3.8, 4) is 17.2 Å². The number of amides is 1. The van der Waals surface area contributed by atoms with Gasteiger partial charge in [0.05, 0.1) is 11.1 Å². The first kappa shape index (κ1) is 25.7. The molecule has 1 amide bonds. The highest BCUT2D eigenvalue weighted by Crippen LogP contribution is 2.36. The average Bonchev–Trinajstić information content (AvgIpc) is 2.76. The smallest absolute Gasteiger partial charge is 0.271 e. The number of rotatable bonds is 5. The lowest BCUT2D eigenvalue weighted by Gasteiger charge is -2.26. The zero-order valence-electron chi connectivity index (χ0n) is 21.7. The molecule has 1 aromatic heterocycles. The molecule has 0 atom stereocenters. The first-order valence-corrected chi connectivity index (χ1v) is 16.0. The Bertz CT molecular complexity index is 1420. The van der Waals surface area contributed by atoms with Crippen molar-refractivity contribution in [3.63, 3.8) is 0 Å². The van der Waals surface area contributed by atoms with Crippen molar-refractivity contribution in [1.82, 2.24) is 9.88 Å². The molecule has 1 aliphatic carbocycles. The van der Waals surface area contributed by atoms with Crippen molar-refractivity contribution < 1.29 is 9.18 Å². The number of para-hydroxylation sites is 1. The van der Waals surface area contributed by atoms with E-state index in [2.05, 4.69) is 36.4 Å². The summed E-state index contributed by atoms with van der Waals surface area (Å²) < 4.78 is 15.8. The number of carbonyl (C=O) groups is 1. The standard InChI is InChI=1S/C30H33FN2O2Si/c1-20-27(14-15-36(3,4)5)30(35)33(26-12-7-6-8-13-26)21(2)28(20)29(34)32-19-22-16-24(18-25(31)17-22)23-10-9-11-23/h6-8,12-13,16-18,23H,9-11,19H2,1-5H3,(H,32,34). The van der Waals surface area contributed by atoms with Crippen LogP contribution in [0.1, 0.15) is 63.5 Å². The van der Waals surface area contributed by atoms with E-state index in [9.17, 15) is 14.0 Å². The van der Waals surface area contributed by atoms with E-state index in [1.54, 1.807) is 24.5 Å². The zero-order chi connectivity index (χ0) is 26.0. The first-order valence-electron chi connectivity index (χ1n) is 12.5. The highest BCUT2D eigenvalue weighted by molar-refractivity contribution is 6.83. The molecule has 1 heterocycles. The highest BCUT2D eigenvalue weighted by Gasteiger charge is 2.23. The van der Waals surface area contributed by atoms with Crippen LogP contribution >= 0.6 is 0 Å². The molecule has 186 valence electrons. The van der Waals surface area contributed by atoms with Crippen LogP contribution in [-0.2, 0) is 6.54 Å². The predicted octanol–water partition coefficient (Wildman–Crippen LogP) is 6.02. The third-order valence-corrected chi connectivity index (χ3v) is 7.55. The SMILES string of the molecule is Cc1c(C(=O)NCc2cc(F)cc(C3CCC3)c2)c(C)n(-c2ccccc2)c(=O)c1C#C[Si](C)(C)C. The Labute approximate surface area is 213 Å². The molecule has 4 nitrogen and oxygen atoms in total. The first-order chi connectivity index (χ1) is 17.0. The fraction of sp³-hybridized carbons (Fsp3) is 0.333. The van der Waals surface area contributed by atoms with Gasteiger partial charge in [0.1, 0.15) is 13.9 Å². The number of pyridine rings is 1. The van der Waals surface area contributed by atoms with Crippen molar-refractivity contribution in [2.75, 3.05) is 0 Å². The Morgan fingerprint density at radius 1 is 1.11 bits per heavy atom. The monoisotopic (exact) mass is 500 g/mol. The van der Waals surface area contributed by atoms with Gasteiger partial charge in [0.2, 0.25) is 0 Å². The molecule has 0 aliphatic heterocycles. The molecule has 0 saturated heterocycles. The number of benzene rings is 2. The molecule has 2 aromatic carbocycles. The number of carbonyl (C=O) groups excluding carboxylic acids is 1. The van der Waals surface area contributed by atoms with Crippen LogP contribution in [0.4, 0.5) is 4.39 Å². The van der Waals surface area contributed by atoms with Crippen LogP contribution in [0.2, 0.25) is 19.6 Å². The van der Waals surface area contributed by atoms with Crippen LogP contribution in [-0.4, -0.2) is 18.5 Å². The lowest BCUT2D eigenvalue weighted by atomic mass is 9.79. The van der Waals surface area contributed by atoms with E-state index in [1.807, 2.05) is 36.4 Å². The summed E-state index contributed by atoms with van der Waals surface area (Å²) in [7, 11) is -1.76. The van der Waals surface area contributed by atoms with Crippen LogP contribution < -0.4 is 10.9 Å². The maximum atomic E-state index is 14.3. The predicted molar refractivity (Wildman–Crippen MR) is 146 cm³/mol. The lowest BCUT2D eigenvalue weighted by molar-refractivity contribution is 0.0948. The second-order valence-corrected chi connectivity index (χ2v) is 15.4. The van der Waals surface area contributed by atoms with Gasteiger partial charge in [0, 0.05) is 17.9 Å². The van der Waals surface area contributed by atoms with Crippen LogP contribution in [0.15, 0.2) is 53.3 Å². The van der Waals surface area contributed by atoms with E-state index in [4.69, 9.17) is 0 Å². The number of halogens is 1. The molecule has 0 bridgehead atoms. The zero-order valence-corrected chi connectivity index (χ0v) is 22.7. The van der Waals surface area contributed by atoms with Gasteiger partial charge < -0.3 is 5.32 Å². The summed E-state index contributed by atoms with van der Waals surface area (Å²) in [6, 6.07) is 14.3. The normalized spacial score (nSPS) is 13.5. The summed E-state index contributed by atoms with van der Waals surface area (Å²) in [6.07, 6.45) is 3.33. The molecular formula is C30H33FN2O2Si. The molecule has 1 fully saturated rings. The molecule has 36 heavy (non-hydrogen) atoms. The van der Waals surface area contributed by atoms with Crippen LogP contribution in [0.5, 0.6) is 0 Å². The summed E-state index contributed by atoms with van der Waals surface area (Å²) in [6.45, 7) is 10.1. The quantitative estimate of drug-likeness (QED) is 0.344. The van der Waals surface area contributed by atoms with Gasteiger partial charge >= 0.3 is 0 Å². The summed E-state index contributed by atoms with van der Waals surface area (Å²) in [5.41, 5.74) is 7.35. The molecule has 0 radical (unpaired) electrons. The summed E-state index contributed by atoms with van der Waals surface area (Å²) in [5.74, 6) is 2.94. The minimum atomic E-state index is -1.76. The van der Waals surface area contributed by atoms with Gasteiger partial charge in [-0.05, 0) is 73.6 Å². The summed E-state index contributed by atoms with van der Waals surface area (Å²) in [5, 5.41) is 2.96. The second-order valence-electron chi connectivity index (χ2n) is 10.6. The van der Waals surface area contributed by atoms with E-state index in [1.165, 1.54) is 12.5 Å². The topological polar surface area (TPSA) is 51.1 Å². The number of nitrogens with zero attached hydrogens (tertiary/aromatic N) is 1. The van der Waals surface area contributed by atoms with Crippen molar-refractivity contribution in [1.29, 1.82) is 0 Å². The molecule has 3 aromatic rings. The molecule has 1 saturated carbocycles. The Kier molecular flexibility index (Phi) is 7.32. The van der Waals surface area contributed by atoms with Gasteiger partial charge in [0.15, 0.2) is 0 Å². The number of aromatic nitrogens is 1. The van der Waals surface area contributed by atoms with Gasteiger partial charge in [-0.15, -0.1) is 5.54 Å². The molecule has 4 rings (SSSR count). The molecule has 0 unspecified atom stereocenters. The molecule has 1 N–H and O–H groups in total. The van der Waals surface area contributed by atoms with Gasteiger partial charge in [-0.1, -0.05) is 56.2 Å². The van der Waals surface area contributed by atoms with Crippen LogP contribution in [0.3, 0.4) is 0 Å². The Hall–Kier alpha value is -3.43. The van der Waals surface area contributed by atoms with Gasteiger partial charge in [0.25, 0.3) is 11.5 Å². The van der Waals surface area contributed by atoms with Crippen molar-refractivity contribution in [3.05, 3.63) is 98.2 Å². The van der Waals surface area contributed by atoms with Crippen LogP contribution in [0.25, 0.3) is 5.69 Å². The number of hydrogen-bond acceptors (Lipinski definition) is 2. The Morgan fingerprint density at radius 3 is 2.42 bits per heavy atom. The molecule has 0 spiro atoms. The Balaban J connectivity index is 1.74. The van der Waals surface area contributed by atoms with E-state index in [0.29, 0.717) is 34.0 Å². The molecular weight excluding hydrogens is 467 g/mol. The van der Waals surface area contributed by atoms with Gasteiger partial charge in [-0.25, -0.2) is 4.39 Å². The fourth-order valence-electron chi connectivity index (χ4n) is 4.58. The maximum absolute atomic E-state index is 14.3. The van der Waals surface area contributed by atoms with E-state index >= 15 is 0 Å². The van der Waals surface area contributed by atoms with Gasteiger partial charge in [-0.3, -0.25) is 14.2 Å². The molecule has 6 heteroatoms. The average molecular weight is 501 g/mol. The van der Waals surface area contributed by atoms with Crippen molar-refractivity contribution in [2.24, 2.45) is 0 Å². The number of nitrogens with one attached hydrogen (secondary N) is 1. The molecule has 1 aliphatic rings. The highest BCUT2D eigenvalue weighted by atomic mass is 28.3. The van der Waals surface area contributed by atoms with E-state index in [0.717, 1.165) is 24.0 Å². The van der Waals surface area contributed by atoms with Crippen molar-refractivity contribution in [2.45, 2.75) is 65.2 Å². The fourth-order valence-corrected chi connectivity index (χ4v) is 5.08. The maximum Gasteiger partial charge on any atom is 0.271 e. The largest absolute Gasteiger partial charge is 0.348 e. The Morgan fingerprint density at radius 2 is 1.81 bits per heavy atom. The summed E-state index contributed by atoms with van der Waals surface area (Å²) >= 11 is 0. The summed E-state index contributed by atoms with van der Waals surface area (Å²) in [4.78, 5) is 27.1. The lowest BCUT2D eigenvalue weighted by Crippen LogP contribution is -2.32. The van der Waals surface area contributed by atoms with Crippen LogP contribution in [0, 0.1) is 31.1 Å². The number of hydrogen-bond donors (Lipinski definition) is 1. The minimum absolute atomic E-state index is 0.204. The van der Waals surface area contributed by atoms with E-state index in [-0.39, 0.29) is 23.8 Å². The second kappa shape index (κ2) is 10.3. The van der Waals surface area contributed by atoms with Gasteiger partial charge in [-0.2, -0.15) is 0 Å². The third-order valence-electron chi connectivity index (χ3n) is 6.68. The third kappa shape index (κ3) is 5.52. The van der Waals surface area contributed by atoms with E-state index < -0.39 is 8.07 Å².